The van der Waals surface area contributed by atoms with Crippen LogP contribution in [0.4, 0.5) is 16.3 Å². The van der Waals surface area contributed by atoms with E-state index in [1.165, 1.54) is 12.5 Å². The van der Waals surface area contributed by atoms with Crippen LogP contribution in [0.15, 0.2) is 36.4 Å². The number of nitrogens with zero attached hydrogens (tertiary/aromatic N) is 1. The van der Waals surface area contributed by atoms with Gasteiger partial charge < -0.3 is 16.0 Å². The van der Waals surface area contributed by atoms with Crippen LogP contribution >= 0.6 is 0 Å². The van der Waals surface area contributed by atoms with Crippen molar-refractivity contribution in [2.75, 3.05) is 23.7 Å². The Morgan fingerprint density at radius 1 is 1.16 bits per heavy atom. The van der Waals surface area contributed by atoms with Crippen molar-refractivity contribution in [2.24, 2.45) is 0 Å². The lowest BCUT2D eigenvalue weighted by molar-refractivity contribution is 0.101. The number of aromatic nitrogens is 1. The molecule has 3 rings (SSSR count). The molecular weight excluding hydrogens is 316 g/mol. The molecule has 0 unspecified atom stereocenters. The number of pyridine rings is 1. The number of carbonyl (C=O) groups excluding carboxylic acids is 2. The van der Waals surface area contributed by atoms with Crippen molar-refractivity contribution >= 4 is 23.3 Å². The van der Waals surface area contributed by atoms with Crippen LogP contribution in [0.25, 0.3) is 0 Å². The molecule has 1 aromatic carbocycles. The van der Waals surface area contributed by atoms with Crippen LogP contribution < -0.4 is 16.0 Å². The van der Waals surface area contributed by atoms with E-state index in [0.717, 1.165) is 30.9 Å². The molecule has 0 saturated heterocycles. The smallest absolute Gasteiger partial charge is 0.319 e. The van der Waals surface area contributed by atoms with Crippen molar-refractivity contribution in [3.05, 3.63) is 53.2 Å². The fourth-order valence-corrected chi connectivity index (χ4v) is 2.78. The van der Waals surface area contributed by atoms with E-state index in [1.54, 1.807) is 24.3 Å². The second kappa shape index (κ2) is 7.79. The number of hydrogen-bond acceptors (Lipinski definition) is 4. The van der Waals surface area contributed by atoms with Crippen LogP contribution in [0.1, 0.15) is 35.0 Å². The molecule has 25 heavy (non-hydrogen) atoms. The Labute approximate surface area is 147 Å². The predicted molar refractivity (Wildman–Crippen MR) is 98.2 cm³/mol. The summed E-state index contributed by atoms with van der Waals surface area (Å²) in [5.41, 5.74) is 3.49. The summed E-state index contributed by atoms with van der Waals surface area (Å²) in [4.78, 5) is 27.8. The summed E-state index contributed by atoms with van der Waals surface area (Å²) in [6.07, 6.45) is 2.88. The Balaban J connectivity index is 1.47. The minimum absolute atomic E-state index is 0.00282. The highest BCUT2D eigenvalue weighted by atomic mass is 16.2. The van der Waals surface area contributed by atoms with Crippen LogP contribution in [0.3, 0.4) is 0 Å². The maximum Gasteiger partial charge on any atom is 0.319 e. The topological polar surface area (TPSA) is 83.1 Å². The number of hydrogen-bond donors (Lipinski definition) is 3. The molecular formula is C19H22N4O2. The van der Waals surface area contributed by atoms with E-state index in [4.69, 9.17) is 0 Å². The van der Waals surface area contributed by atoms with E-state index >= 15 is 0 Å². The number of urea groups is 1. The van der Waals surface area contributed by atoms with E-state index < -0.39 is 0 Å². The van der Waals surface area contributed by atoms with Crippen LogP contribution in [0.2, 0.25) is 0 Å². The molecule has 0 spiro atoms. The van der Waals surface area contributed by atoms with Crippen molar-refractivity contribution in [3.8, 4) is 0 Å². The normalized spacial score (nSPS) is 12.7. The number of carbonyl (C=O) groups is 2. The number of fused-ring (bicyclic) bond motifs is 1. The predicted octanol–water partition coefficient (Wildman–Crippen LogP) is 3.01. The number of Topliss-reactive ketones (excluding diaryl/α,β-unsaturated/α-hetero) is 1. The second-order valence-corrected chi connectivity index (χ2v) is 6.11. The summed E-state index contributed by atoms with van der Waals surface area (Å²) in [7, 11) is 0. The van der Waals surface area contributed by atoms with E-state index in [9.17, 15) is 9.59 Å². The summed E-state index contributed by atoms with van der Waals surface area (Å²) >= 11 is 0. The van der Waals surface area contributed by atoms with Crippen LogP contribution in [-0.4, -0.2) is 29.9 Å². The molecule has 3 N–H and O–H groups in total. The zero-order chi connectivity index (χ0) is 17.6. The summed E-state index contributed by atoms with van der Waals surface area (Å²) in [5.74, 6) is 0.974. The fourth-order valence-electron chi connectivity index (χ4n) is 2.78. The third-order valence-electron chi connectivity index (χ3n) is 4.17. The zero-order valence-corrected chi connectivity index (χ0v) is 14.3. The Bertz CT molecular complexity index is 771. The number of aryl methyl sites for hydroxylation is 1. The third kappa shape index (κ3) is 4.56. The van der Waals surface area contributed by atoms with Crippen molar-refractivity contribution < 1.29 is 9.59 Å². The molecule has 6 nitrogen and oxygen atoms in total. The molecule has 0 fully saturated rings. The van der Waals surface area contributed by atoms with Gasteiger partial charge in [0.15, 0.2) is 5.78 Å². The lowest BCUT2D eigenvalue weighted by Crippen LogP contribution is -2.30. The Morgan fingerprint density at radius 3 is 2.72 bits per heavy atom. The molecule has 0 radical (unpaired) electrons. The minimum Gasteiger partial charge on any atom is -0.370 e. The number of ketones is 1. The van der Waals surface area contributed by atoms with Gasteiger partial charge in [0.1, 0.15) is 5.82 Å². The Kier molecular flexibility index (Phi) is 5.28. The highest BCUT2D eigenvalue weighted by molar-refractivity contribution is 5.95. The van der Waals surface area contributed by atoms with Crippen LogP contribution in [0, 0.1) is 0 Å². The van der Waals surface area contributed by atoms with Crippen LogP contribution in [0.5, 0.6) is 0 Å². The third-order valence-corrected chi connectivity index (χ3v) is 4.17. The number of benzene rings is 1. The molecule has 0 aliphatic carbocycles. The van der Waals surface area contributed by atoms with Gasteiger partial charge in [0.25, 0.3) is 0 Å². The molecule has 0 saturated carbocycles. The lowest BCUT2D eigenvalue weighted by atomic mass is 10.1. The fraction of sp³-hybridized carbons (Fsp3) is 0.316. The van der Waals surface area contributed by atoms with Gasteiger partial charge in [-0.25, -0.2) is 9.78 Å². The van der Waals surface area contributed by atoms with Crippen LogP contribution in [-0.2, 0) is 12.8 Å². The van der Waals surface area contributed by atoms with E-state index in [0.29, 0.717) is 24.2 Å². The summed E-state index contributed by atoms with van der Waals surface area (Å²) < 4.78 is 0. The summed E-state index contributed by atoms with van der Waals surface area (Å²) in [6, 6.07) is 10.7. The first-order chi connectivity index (χ1) is 12.1. The monoisotopic (exact) mass is 338 g/mol. The molecule has 2 amide bonds. The first-order valence-electron chi connectivity index (χ1n) is 8.50. The van der Waals surface area contributed by atoms with Gasteiger partial charge in [-0.2, -0.15) is 0 Å². The molecule has 0 bridgehead atoms. The average molecular weight is 338 g/mol. The standard InChI is InChI=1S/C19H22N4O2/c1-13(24)14-4-7-16(8-5-14)23-19(25)21-12-10-17-9-6-15-3-2-11-20-18(15)22-17/h4-9H,2-3,10-12H2,1H3,(H,20,22)(H2,21,23,25). The molecule has 1 aliphatic heterocycles. The van der Waals surface area contributed by atoms with Gasteiger partial charge in [0.05, 0.1) is 0 Å². The lowest BCUT2D eigenvalue weighted by Gasteiger charge is -2.17. The van der Waals surface area contributed by atoms with Gasteiger partial charge in [-0.05, 0) is 55.7 Å². The minimum atomic E-state index is -0.272. The Hall–Kier alpha value is -2.89. The SMILES string of the molecule is CC(=O)c1ccc(NC(=O)NCCc2ccc3c(n2)NCCC3)cc1. The molecule has 2 aromatic rings. The highest BCUT2D eigenvalue weighted by Gasteiger charge is 2.10. The Morgan fingerprint density at radius 2 is 1.96 bits per heavy atom. The highest BCUT2D eigenvalue weighted by Crippen LogP contribution is 2.19. The van der Waals surface area contributed by atoms with Gasteiger partial charge >= 0.3 is 6.03 Å². The van der Waals surface area contributed by atoms with E-state index in [2.05, 4.69) is 27.0 Å². The van der Waals surface area contributed by atoms with Gasteiger partial charge in [-0.15, -0.1) is 0 Å². The number of amides is 2. The molecule has 2 heterocycles. The maximum absolute atomic E-state index is 11.9. The van der Waals surface area contributed by atoms with E-state index in [1.807, 2.05) is 6.07 Å². The first kappa shape index (κ1) is 17.0. The van der Waals surface area contributed by atoms with Gasteiger partial charge in [-0.3, -0.25) is 4.79 Å². The molecule has 1 aromatic heterocycles. The molecule has 1 aliphatic rings. The maximum atomic E-state index is 11.9. The van der Waals surface area contributed by atoms with Gasteiger partial charge in [0, 0.05) is 36.5 Å². The molecule has 130 valence electrons. The largest absolute Gasteiger partial charge is 0.370 e. The molecule has 6 heteroatoms. The van der Waals surface area contributed by atoms with Crippen molar-refractivity contribution in [1.29, 1.82) is 0 Å². The van der Waals surface area contributed by atoms with Crippen molar-refractivity contribution in [1.82, 2.24) is 10.3 Å². The number of nitrogens with one attached hydrogen (secondary N) is 3. The number of rotatable bonds is 5. The van der Waals surface area contributed by atoms with Crippen molar-refractivity contribution in [3.63, 3.8) is 0 Å². The second-order valence-electron chi connectivity index (χ2n) is 6.11. The summed E-state index contributed by atoms with van der Waals surface area (Å²) in [6.45, 7) is 2.98. The number of anilines is 2. The van der Waals surface area contributed by atoms with E-state index in [-0.39, 0.29) is 11.8 Å². The quantitative estimate of drug-likeness (QED) is 0.732. The van der Waals surface area contributed by atoms with Gasteiger partial charge in [-0.1, -0.05) is 6.07 Å². The summed E-state index contributed by atoms with van der Waals surface area (Å²) in [5, 5.41) is 8.88. The zero-order valence-electron chi connectivity index (χ0n) is 14.3. The first-order valence-corrected chi connectivity index (χ1v) is 8.50. The average Bonchev–Trinajstić information content (AvgIpc) is 2.62. The van der Waals surface area contributed by atoms with Gasteiger partial charge in [0.2, 0.25) is 0 Å². The van der Waals surface area contributed by atoms with Crippen molar-refractivity contribution in [2.45, 2.75) is 26.2 Å². The molecule has 0 atom stereocenters.